The Balaban J connectivity index is 1.49. The molecule has 2 aliphatic rings. The molecule has 2 atom stereocenters. The van der Waals surface area contributed by atoms with Crippen molar-refractivity contribution in [3.05, 3.63) is 30.2 Å². The van der Waals surface area contributed by atoms with Crippen molar-refractivity contribution in [1.82, 2.24) is 24.9 Å². The Labute approximate surface area is 205 Å². The second-order valence-electron chi connectivity index (χ2n) is 10.00. The average Bonchev–Trinajstić information content (AvgIpc) is 3.45. The second-order valence-corrected chi connectivity index (χ2v) is 10.00. The van der Waals surface area contributed by atoms with Crippen LogP contribution in [0, 0.1) is 5.92 Å². The molecule has 1 amide bonds. The Morgan fingerprint density at radius 3 is 2.78 bits per heavy atom. The quantitative estimate of drug-likeness (QED) is 0.467. The molecule has 1 aliphatic carbocycles. The summed E-state index contributed by atoms with van der Waals surface area (Å²) in [5.41, 5.74) is 0.0921. The Kier molecular flexibility index (Phi) is 6.17. The largest absolute Gasteiger partial charge is 0.406 e. The maximum absolute atomic E-state index is 15.0. The van der Waals surface area contributed by atoms with Crippen LogP contribution in [0.25, 0.3) is 22.4 Å². The Morgan fingerprint density at radius 2 is 2.08 bits per heavy atom. The van der Waals surface area contributed by atoms with Crippen molar-refractivity contribution in [3.63, 3.8) is 0 Å². The van der Waals surface area contributed by atoms with Gasteiger partial charge in [0.15, 0.2) is 0 Å². The zero-order valence-electron chi connectivity index (χ0n) is 20.0. The van der Waals surface area contributed by atoms with Gasteiger partial charge >= 0.3 is 6.18 Å². The minimum absolute atomic E-state index is 0.000667. The lowest BCUT2D eigenvalue weighted by Crippen LogP contribution is -2.55. The van der Waals surface area contributed by atoms with Crippen LogP contribution in [0.3, 0.4) is 0 Å². The first-order chi connectivity index (χ1) is 17.0. The Bertz CT molecular complexity index is 1270. The molecule has 0 unspecified atom stereocenters. The fraction of sp³-hybridized carbons (Fsp3) is 0.542. The number of rotatable bonds is 7. The molecule has 0 bridgehead atoms. The minimum Gasteiger partial charge on any atom is -0.376 e. The fourth-order valence-corrected chi connectivity index (χ4v) is 4.61. The maximum atomic E-state index is 15.0. The highest BCUT2D eigenvalue weighted by atomic mass is 19.4. The van der Waals surface area contributed by atoms with Crippen LogP contribution in [0.1, 0.15) is 32.1 Å². The van der Waals surface area contributed by atoms with Gasteiger partial charge in [0.05, 0.1) is 23.3 Å². The molecule has 1 saturated carbocycles. The Morgan fingerprint density at radius 1 is 1.31 bits per heavy atom. The monoisotopic (exact) mass is 508 g/mol. The van der Waals surface area contributed by atoms with Gasteiger partial charge in [-0.3, -0.25) is 4.79 Å². The molecule has 1 aliphatic heterocycles. The highest BCUT2D eigenvalue weighted by Gasteiger charge is 2.39. The standard InChI is InChI=1S/C24H28F4N6O2/c1-23(8-9-33(2)12-19(23)25)31-16-4-3-5-17-15(16)10-18(34(17)13-24(26,27)28)21-30-20(36-32-21)11-29-22(35)14-6-7-14/h3-5,10,14,19,31H,6-9,11-13H2,1-2H3,(H,29,35)/t19-,23+/m1/s1. The van der Waals surface area contributed by atoms with E-state index < -0.39 is 24.4 Å². The van der Waals surface area contributed by atoms with Crippen LogP contribution in [0.2, 0.25) is 0 Å². The third kappa shape index (κ3) is 5.04. The molecular formula is C24H28F4N6O2. The number of carbonyl (C=O) groups excluding carboxylic acids is 1. The molecular weight excluding hydrogens is 480 g/mol. The molecule has 2 N–H and O–H groups in total. The van der Waals surface area contributed by atoms with Crippen LogP contribution < -0.4 is 10.6 Å². The first-order valence-corrected chi connectivity index (χ1v) is 11.9. The molecule has 8 nitrogen and oxygen atoms in total. The number of halogens is 4. The van der Waals surface area contributed by atoms with E-state index in [2.05, 4.69) is 20.8 Å². The zero-order chi connectivity index (χ0) is 25.7. The lowest BCUT2D eigenvalue weighted by atomic mass is 9.87. The van der Waals surface area contributed by atoms with Gasteiger partial charge in [-0.05, 0) is 51.4 Å². The minimum atomic E-state index is -4.50. The molecule has 5 rings (SSSR count). The van der Waals surface area contributed by atoms with E-state index in [1.54, 1.807) is 31.2 Å². The van der Waals surface area contributed by atoms with E-state index in [4.69, 9.17) is 4.52 Å². The molecule has 0 spiro atoms. The van der Waals surface area contributed by atoms with E-state index in [0.29, 0.717) is 29.6 Å². The number of nitrogens with zero attached hydrogens (tertiary/aromatic N) is 4. The van der Waals surface area contributed by atoms with E-state index in [1.165, 1.54) is 0 Å². The number of amides is 1. The van der Waals surface area contributed by atoms with Gasteiger partial charge in [0.25, 0.3) is 0 Å². The van der Waals surface area contributed by atoms with E-state index in [0.717, 1.165) is 17.4 Å². The van der Waals surface area contributed by atoms with E-state index in [-0.39, 0.29) is 42.3 Å². The van der Waals surface area contributed by atoms with Gasteiger partial charge < -0.3 is 24.6 Å². The van der Waals surface area contributed by atoms with Crippen LogP contribution in [0.15, 0.2) is 28.8 Å². The second kappa shape index (κ2) is 9.06. The molecule has 3 heterocycles. The van der Waals surface area contributed by atoms with Gasteiger partial charge in [0.1, 0.15) is 12.7 Å². The lowest BCUT2D eigenvalue weighted by molar-refractivity contribution is -0.139. The summed E-state index contributed by atoms with van der Waals surface area (Å²) in [7, 11) is 1.85. The van der Waals surface area contributed by atoms with Gasteiger partial charge in [0.2, 0.25) is 17.6 Å². The predicted octanol–water partition coefficient (Wildman–Crippen LogP) is 4.12. The number of hydrogen-bond acceptors (Lipinski definition) is 6. The highest BCUT2D eigenvalue weighted by Crippen LogP contribution is 2.37. The summed E-state index contributed by atoms with van der Waals surface area (Å²) in [6, 6.07) is 6.51. The number of fused-ring (bicyclic) bond motifs is 1. The molecule has 194 valence electrons. The third-order valence-electron chi connectivity index (χ3n) is 6.94. The molecule has 1 saturated heterocycles. The van der Waals surface area contributed by atoms with Gasteiger partial charge in [-0.15, -0.1) is 0 Å². The molecule has 2 fully saturated rings. The van der Waals surface area contributed by atoms with Crippen molar-refractivity contribution in [3.8, 4) is 11.5 Å². The van der Waals surface area contributed by atoms with E-state index in [1.807, 2.05) is 11.9 Å². The van der Waals surface area contributed by atoms with Crippen LogP contribution in [-0.4, -0.2) is 63.5 Å². The smallest absolute Gasteiger partial charge is 0.376 e. The summed E-state index contributed by atoms with van der Waals surface area (Å²) in [5, 5.41) is 10.3. The molecule has 0 radical (unpaired) electrons. The van der Waals surface area contributed by atoms with Crippen molar-refractivity contribution >= 4 is 22.5 Å². The maximum Gasteiger partial charge on any atom is 0.406 e. The van der Waals surface area contributed by atoms with Crippen molar-refractivity contribution in [1.29, 1.82) is 0 Å². The zero-order valence-corrected chi connectivity index (χ0v) is 20.0. The van der Waals surface area contributed by atoms with Crippen LogP contribution in [0.4, 0.5) is 23.2 Å². The summed E-state index contributed by atoms with van der Waals surface area (Å²) in [4.78, 5) is 18.0. The SMILES string of the molecule is CN1CC[C@](C)(Nc2cccc3c2cc(-c2noc(CNC(=O)C4CC4)n2)n3CC(F)(F)F)[C@H](F)C1. The number of alkyl halides is 4. The van der Waals surface area contributed by atoms with Crippen molar-refractivity contribution in [2.24, 2.45) is 5.92 Å². The number of anilines is 1. The number of piperidine rings is 1. The van der Waals surface area contributed by atoms with Crippen molar-refractivity contribution in [2.45, 2.75) is 57.2 Å². The summed E-state index contributed by atoms with van der Waals surface area (Å²) in [6.45, 7) is 1.50. The van der Waals surface area contributed by atoms with Gasteiger partial charge in [0, 0.05) is 30.1 Å². The summed E-state index contributed by atoms with van der Waals surface area (Å²) >= 11 is 0. The van der Waals surface area contributed by atoms with Crippen LogP contribution in [-0.2, 0) is 17.9 Å². The first kappa shape index (κ1) is 24.5. The fourth-order valence-electron chi connectivity index (χ4n) is 4.61. The number of likely N-dealkylation sites (tertiary alicyclic amines) is 1. The summed E-state index contributed by atoms with van der Waals surface area (Å²) < 4.78 is 62.0. The molecule has 2 aromatic heterocycles. The van der Waals surface area contributed by atoms with Crippen molar-refractivity contribution in [2.75, 3.05) is 25.5 Å². The van der Waals surface area contributed by atoms with Crippen LogP contribution in [0.5, 0.6) is 0 Å². The number of aromatic nitrogens is 3. The average molecular weight is 509 g/mol. The molecule has 1 aromatic carbocycles. The van der Waals surface area contributed by atoms with Gasteiger partial charge in [-0.2, -0.15) is 18.2 Å². The topological polar surface area (TPSA) is 88.2 Å². The first-order valence-electron chi connectivity index (χ1n) is 11.9. The normalized spacial score (nSPS) is 23.2. The van der Waals surface area contributed by atoms with E-state index >= 15 is 4.39 Å². The lowest BCUT2D eigenvalue weighted by Gasteiger charge is -2.42. The van der Waals surface area contributed by atoms with Gasteiger partial charge in [-0.25, -0.2) is 4.39 Å². The molecule has 12 heteroatoms. The highest BCUT2D eigenvalue weighted by molar-refractivity contribution is 5.96. The molecule has 3 aromatic rings. The molecule has 36 heavy (non-hydrogen) atoms. The summed E-state index contributed by atoms with van der Waals surface area (Å²) in [6.07, 6.45) is -3.44. The number of carbonyl (C=O) groups is 1. The predicted molar refractivity (Wildman–Crippen MR) is 125 cm³/mol. The number of hydrogen-bond donors (Lipinski definition) is 2. The van der Waals surface area contributed by atoms with Gasteiger partial charge in [-0.1, -0.05) is 11.2 Å². The number of nitrogens with one attached hydrogen (secondary N) is 2. The van der Waals surface area contributed by atoms with Crippen molar-refractivity contribution < 1.29 is 26.9 Å². The third-order valence-corrected chi connectivity index (χ3v) is 6.94. The Hall–Kier alpha value is -3.15. The summed E-state index contributed by atoms with van der Waals surface area (Å²) in [5.74, 6) is -0.0283. The van der Waals surface area contributed by atoms with E-state index in [9.17, 15) is 18.0 Å². The number of benzene rings is 1. The van der Waals surface area contributed by atoms with Crippen LogP contribution >= 0.6 is 0 Å².